The van der Waals surface area contributed by atoms with Gasteiger partial charge in [0.15, 0.2) is 0 Å². The van der Waals surface area contributed by atoms with E-state index in [4.69, 9.17) is 28.3 Å². The minimum Gasteiger partial charge on any atom is -0.481 e. The molecule has 2 aromatic carbocycles. The molecule has 0 saturated carbocycles. The summed E-state index contributed by atoms with van der Waals surface area (Å²) in [5, 5.41) is 18.9. The molecule has 2 rings (SSSR count). The van der Waals surface area contributed by atoms with Gasteiger partial charge >= 0.3 is 11.9 Å². The molecule has 0 aromatic heterocycles. The average molecular weight is 339 g/mol. The zero-order valence-corrected chi connectivity index (χ0v) is 12.8. The molecule has 0 amide bonds. The maximum atomic E-state index is 11.5. The fourth-order valence-corrected chi connectivity index (χ4v) is 2.40. The summed E-state index contributed by atoms with van der Waals surface area (Å²) >= 11 is 11.8. The molecule has 4 nitrogen and oxygen atoms in total. The van der Waals surface area contributed by atoms with Crippen LogP contribution in [-0.4, -0.2) is 22.2 Å². The smallest absolute Gasteiger partial charge is 0.335 e. The van der Waals surface area contributed by atoms with Gasteiger partial charge in [-0.3, -0.25) is 4.79 Å². The van der Waals surface area contributed by atoms with Crippen LogP contribution in [0.1, 0.15) is 27.4 Å². The Labute approximate surface area is 136 Å². The van der Waals surface area contributed by atoms with E-state index in [1.807, 2.05) is 0 Å². The number of benzene rings is 2. The van der Waals surface area contributed by atoms with Crippen LogP contribution in [0.15, 0.2) is 42.5 Å². The van der Waals surface area contributed by atoms with E-state index in [1.165, 1.54) is 18.2 Å². The number of carboxylic acids is 2. The van der Waals surface area contributed by atoms with Crippen molar-refractivity contribution in [1.82, 2.24) is 0 Å². The topological polar surface area (TPSA) is 74.6 Å². The van der Waals surface area contributed by atoms with E-state index in [1.54, 1.807) is 24.3 Å². The normalized spacial score (nSPS) is 11.9. The molecule has 1 unspecified atom stereocenters. The molecule has 2 N–H and O–H groups in total. The SMILES string of the molecule is O=C(O)c1ccc(CC(C(=O)O)c2ccc(Cl)c(Cl)c2)cc1. The van der Waals surface area contributed by atoms with Crippen molar-refractivity contribution in [2.24, 2.45) is 0 Å². The summed E-state index contributed by atoms with van der Waals surface area (Å²) in [7, 11) is 0. The highest BCUT2D eigenvalue weighted by Crippen LogP contribution is 2.28. The van der Waals surface area contributed by atoms with Crippen molar-refractivity contribution in [3.05, 3.63) is 69.2 Å². The summed E-state index contributed by atoms with van der Waals surface area (Å²) in [6.45, 7) is 0. The zero-order valence-electron chi connectivity index (χ0n) is 11.3. The van der Waals surface area contributed by atoms with Gasteiger partial charge in [-0.15, -0.1) is 0 Å². The number of hydrogen-bond donors (Lipinski definition) is 2. The molecule has 0 radical (unpaired) electrons. The van der Waals surface area contributed by atoms with Crippen LogP contribution in [0.2, 0.25) is 10.0 Å². The number of halogens is 2. The van der Waals surface area contributed by atoms with E-state index in [0.29, 0.717) is 15.6 Å². The van der Waals surface area contributed by atoms with Crippen molar-refractivity contribution in [2.75, 3.05) is 0 Å². The summed E-state index contributed by atoms with van der Waals surface area (Å²) in [4.78, 5) is 22.3. The Hall–Kier alpha value is -2.04. The average Bonchev–Trinajstić information content (AvgIpc) is 2.48. The second kappa shape index (κ2) is 6.81. The first-order valence-electron chi connectivity index (χ1n) is 6.38. The molecule has 114 valence electrons. The van der Waals surface area contributed by atoms with Gasteiger partial charge < -0.3 is 10.2 Å². The van der Waals surface area contributed by atoms with Gasteiger partial charge in [-0.2, -0.15) is 0 Å². The summed E-state index contributed by atoms with van der Waals surface area (Å²) in [6, 6.07) is 10.8. The lowest BCUT2D eigenvalue weighted by molar-refractivity contribution is -0.138. The molecule has 0 spiro atoms. The third-order valence-electron chi connectivity index (χ3n) is 3.28. The Bertz CT molecular complexity index is 711. The second-order valence-corrected chi connectivity index (χ2v) is 5.58. The minimum atomic E-state index is -1.02. The first-order chi connectivity index (χ1) is 10.4. The van der Waals surface area contributed by atoms with Gasteiger partial charge in [0.2, 0.25) is 0 Å². The van der Waals surface area contributed by atoms with Crippen LogP contribution >= 0.6 is 23.2 Å². The van der Waals surface area contributed by atoms with E-state index in [0.717, 1.165) is 5.56 Å². The van der Waals surface area contributed by atoms with Crippen LogP contribution in [-0.2, 0) is 11.2 Å². The maximum Gasteiger partial charge on any atom is 0.335 e. The number of hydrogen-bond acceptors (Lipinski definition) is 2. The van der Waals surface area contributed by atoms with Crippen LogP contribution in [0.3, 0.4) is 0 Å². The minimum absolute atomic E-state index is 0.158. The van der Waals surface area contributed by atoms with Gasteiger partial charge in [0.25, 0.3) is 0 Å². The van der Waals surface area contributed by atoms with Gasteiger partial charge in [-0.25, -0.2) is 4.79 Å². The molecular formula is C16H12Cl2O4. The van der Waals surface area contributed by atoms with Gasteiger partial charge in [0.1, 0.15) is 0 Å². The van der Waals surface area contributed by atoms with Crippen LogP contribution in [0.4, 0.5) is 0 Å². The van der Waals surface area contributed by atoms with Gasteiger partial charge in [-0.1, -0.05) is 41.4 Å². The molecule has 0 fully saturated rings. The number of carbonyl (C=O) groups is 2. The van der Waals surface area contributed by atoms with E-state index < -0.39 is 17.9 Å². The van der Waals surface area contributed by atoms with Crippen LogP contribution < -0.4 is 0 Å². The highest BCUT2D eigenvalue weighted by Gasteiger charge is 2.21. The Balaban J connectivity index is 2.27. The molecule has 0 heterocycles. The molecule has 0 aliphatic heterocycles. The monoisotopic (exact) mass is 338 g/mol. The highest BCUT2D eigenvalue weighted by molar-refractivity contribution is 6.42. The fraction of sp³-hybridized carbons (Fsp3) is 0.125. The Morgan fingerprint density at radius 1 is 0.955 bits per heavy atom. The highest BCUT2D eigenvalue weighted by atomic mass is 35.5. The quantitative estimate of drug-likeness (QED) is 0.860. The van der Waals surface area contributed by atoms with Crippen molar-refractivity contribution < 1.29 is 19.8 Å². The summed E-state index contributed by atoms with van der Waals surface area (Å²) in [6.07, 6.45) is 0.229. The third kappa shape index (κ3) is 3.78. The van der Waals surface area contributed by atoms with Crippen molar-refractivity contribution in [2.45, 2.75) is 12.3 Å². The summed E-state index contributed by atoms with van der Waals surface area (Å²) in [5.74, 6) is -2.79. The van der Waals surface area contributed by atoms with E-state index in [9.17, 15) is 14.7 Å². The van der Waals surface area contributed by atoms with Gasteiger partial charge in [0, 0.05) is 0 Å². The standard InChI is InChI=1S/C16H12Cl2O4/c17-13-6-5-11(8-14(13)18)12(16(21)22)7-9-1-3-10(4-2-9)15(19)20/h1-6,8,12H,7H2,(H,19,20)(H,21,22). The lowest BCUT2D eigenvalue weighted by Crippen LogP contribution is -2.14. The van der Waals surface area contributed by atoms with Crippen LogP contribution in [0.5, 0.6) is 0 Å². The number of aromatic carboxylic acids is 1. The largest absolute Gasteiger partial charge is 0.481 e. The number of rotatable bonds is 5. The van der Waals surface area contributed by atoms with E-state index >= 15 is 0 Å². The van der Waals surface area contributed by atoms with Gasteiger partial charge in [0.05, 0.1) is 21.5 Å². The molecule has 6 heteroatoms. The fourth-order valence-electron chi connectivity index (χ4n) is 2.10. The Kier molecular flexibility index (Phi) is 5.06. The number of aliphatic carboxylic acids is 1. The lowest BCUT2D eigenvalue weighted by Gasteiger charge is -2.14. The van der Waals surface area contributed by atoms with E-state index in [2.05, 4.69) is 0 Å². The molecule has 2 aromatic rings. The molecule has 0 aliphatic rings. The predicted octanol–water partition coefficient (Wildman–Crippen LogP) is 4.10. The van der Waals surface area contributed by atoms with Crippen molar-refractivity contribution >= 4 is 35.1 Å². The first-order valence-corrected chi connectivity index (χ1v) is 7.14. The summed E-state index contributed by atoms with van der Waals surface area (Å²) < 4.78 is 0. The molecule has 0 aliphatic carbocycles. The number of carboxylic acid groups (broad SMARTS) is 2. The summed E-state index contributed by atoms with van der Waals surface area (Å²) in [5.41, 5.74) is 1.43. The predicted molar refractivity (Wildman–Crippen MR) is 83.9 cm³/mol. The lowest BCUT2D eigenvalue weighted by atomic mass is 9.92. The van der Waals surface area contributed by atoms with Crippen molar-refractivity contribution in [3.8, 4) is 0 Å². The zero-order chi connectivity index (χ0) is 16.3. The molecule has 0 bridgehead atoms. The molecule has 0 saturated heterocycles. The maximum absolute atomic E-state index is 11.5. The second-order valence-electron chi connectivity index (χ2n) is 4.77. The van der Waals surface area contributed by atoms with Crippen molar-refractivity contribution in [1.29, 1.82) is 0 Å². The van der Waals surface area contributed by atoms with Crippen LogP contribution in [0.25, 0.3) is 0 Å². The first kappa shape index (κ1) is 16.3. The Morgan fingerprint density at radius 3 is 2.09 bits per heavy atom. The van der Waals surface area contributed by atoms with Crippen molar-refractivity contribution in [3.63, 3.8) is 0 Å². The molecule has 1 atom stereocenters. The molecule has 22 heavy (non-hydrogen) atoms. The van der Waals surface area contributed by atoms with Crippen LogP contribution in [0, 0.1) is 0 Å². The Morgan fingerprint density at radius 2 is 1.59 bits per heavy atom. The third-order valence-corrected chi connectivity index (χ3v) is 4.02. The molecular weight excluding hydrogens is 327 g/mol. The van der Waals surface area contributed by atoms with Gasteiger partial charge in [-0.05, 0) is 41.8 Å². The van der Waals surface area contributed by atoms with E-state index in [-0.39, 0.29) is 12.0 Å².